The second-order valence-electron chi connectivity index (χ2n) is 6.59. The molecule has 1 saturated heterocycles. The minimum atomic E-state index is 0.529. The molecule has 0 amide bonds. The summed E-state index contributed by atoms with van der Waals surface area (Å²) in [6, 6.07) is 8.47. The van der Waals surface area contributed by atoms with Gasteiger partial charge in [-0.3, -0.25) is 4.90 Å². The first kappa shape index (κ1) is 14.4. The van der Waals surface area contributed by atoms with Gasteiger partial charge >= 0.3 is 0 Å². The van der Waals surface area contributed by atoms with Crippen LogP contribution >= 0.6 is 11.5 Å². The van der Waals surface area contributed by atoms with Crippen molar-refractivity contribution >= 4 is 27.4 Å². The number of hydrogen-bond donors (Lipinski definition) is 0. The molecule has 0 bridgehead atoms. The Balaban J connectivity index is 1.23. The molecular weight excluding hydrogens is 322 g/mol. The van der Waals surface area contributed by atoms with Gasteiger partial charge in [0.1, 0.15) is 5.82 Å². The summed E-state index contributed by atoms with van der Waals surface area (Å²) in [5.74, 6) is 3.31. The molecular formula is C17H19N5OS. The normalized spacial score (nSPS) is 19.2. The van der Waals surface area contributed by atoms with Crippen LogP contribution in [0.15, 0.2) is 28.8 Å². The number of fused-ring (bicyclic) bond motifs is 1. The van der Waals surface area contributed by atoms with Crippen LogP contribution in [0, 0.1) is 0 Å². The molecule has 0 radical (unpaired) electrons. The predicted octanol–water partition coefficient (Wildman–Crippen LogP) is 2.88. The second kappa shape index (κ2) is 5.82. The number of benzene rings is 1. The van der Waals surface area contributed by atoms with Crippen molar-refractivity contribution in [2.75, 3.05) is 31.1 Å². The third kappa shape index (κ3) is 2.67. The van der Waals surface area contributed by atoms with Gasteiger partial charge in [0.25, 0.3) is 0 Å². The molecule has 0 unspecified atom stereocenters. The molecule has 2 aromatic heterocycles. The van der Waals surface area contributed by atoms with Crippen molar-refractivity contribution in [2.24, 2.45) is 0 Å². The molecule has 5 rings (SSSR count). The van der Waals surface area contributed by atoms with E-state index in [1.807, 2.05) is 0 Å². The van der Waals surface area contributed by atoms with Crippen LogP contribution in [0.25, 0.3) is 10.1 Å². The first-order valence-corrected chi connectivity index (χ1v) is 9.28. The number of piperazine rings is 1. The van der Waals surface area contributed by atoms with Gasteiger partial charge in [-0.25, -0.2) is 0 Å². The molecule has 0 spiro atoms. The Morgan fingerprint density at radius 2 is 1.96 bits per heavy atom. The SMILES string of the molecule is c1ccc2c(N3CCN(Cc4noc(C5CC5)n4)CC3)nsc2c1. The highest BCUT2D eigenvalue weighted by Crippen LogP contribution is 2.38. The summed E-state index contributed by atoms with van der Waals surface area (Å²) in [5.41, 5.74) is 0. The average molecular weight is 341 g/mol. The Hall–Kier alpha value is -1.99. The van der Waals surface area contributed by atoms with Crippen LogP contribution in [0.3, 0.4) is 0 Å². The lowest BCUT2D eigenvalue weighted by Crippen LogP contribution is -2.46. The molecule has 2 aliphatic rings. The van der Waals surface area contributed by atoms with E-state index in [0.29, 0.717) is 5.92 Å². The highest BCUT2D eigenvalue weighted by Gasteiger charge is 2.30. The predicted molar refractivity (Wildman–Crippen MR) is 93.4 cm³/mol. The fourth-order valence-corrected chi connectivity index (χ4v) is 4.04. The van der Waals surface area contributed by atoms with Gasteiger partial charge in [0.2, 0.25) is 5.89 Å². The molecule has 124 valence electrons. The summed E-state index contributed by atoms with van der Waals surface area (Å²) in [5, 5.41) is 5.40. The highest BCUT2D eigenvalue weighted by atomic mass is 32.1. The lowest BCUT2D eigenvalue weighted by Gasteiger charge is -2.34. The minimum absolute atomic E-state index is 0.529. The summed E-state index contributed by atoms with van der Waals surface area (Å²) in [7, 11) is 0. The van der Waals surface area contributed by atoms with E-state index in [1.165, 1.54) is 22.9 Å². The van der Waals surface area contributed by atoms with Gasteiger partial charge in [0, 0.05) is 37.5 Å². The van der Waals surface area contributed by atoms with E-state index in [1.54, 1.807) is 11.5 Å². The van der Waals surface area contributed by atoms with Gasteiger partial charge in [-0.1, -0.05) is 17.3 Å². The van der Waals surface area contributed by atoms with E-state index in [2.05, 4.69) is 48.6 Å². The maximum Gasteiger partial charge on any atom is 0.229 e. The molecule has 6 nitrogen and oxygen atoms in total. The van der Waals surface area contributed by atoms with Crippen LogP contribution in [-0.2, 0) is 6.54 Å². The quantitative estimate of drug-likeness (QED) is 0.727. The van der Waals surface area contributed by atoms with Gasteiger partial charge < -0.3 is 9.42 Å². The van der Waals surface area contributed by atoms with Crippen molar-refractivity contribution in [3.63, 3.8) is 0 Å². The largest absolute Gasteiger partial charge is 0.353 e. The van der Waals surface area contributed by atoms with Crippen LogP contribution in [0.4, 0.5) is 5.82 Å². The van der Waals surface area contributed by atoms with Crippen molar-refractivity contribution in [1.82, 2.24) is 19.4 Å². The molecule has 1 aliphatic heterocycles. The van der Waals surface area contributed by atoms with Crippen LogP contribution in [0.2, 0.25) is 0 Å². The Bertz CT molecular complexity index is 847. The molecule has 3 aromatic rings. The minimum Gasteiger partial charge on any atom is -0.353 e. The molecule has 3 heterocycles. The molecule has 1 aromatic carbocycles. The van der Waals surface area contributed by atoms with Gasteiger partial charge in [-0.2, -0.15) is 9.36 Å². The van der Waals surface area contributed by atoms with Crippen molar-refractivity contribution in [2.45, 2.75) is 25.3 Å². The maximum absolute atomic E-state index is 5.35. The van der Waals surface area contributed by atoms with Gasteiger partial charge in [0.15, 0.2) is 5.82 Å². The van der Waals surface area contributed by atoms with Crippen molar-refractivity contribution in [1.29, 1.82) is 0 Å². The van der Waals surface area contributed by atoms with Crippen LogP contribution < -0.4 is 4.90 Å². The number of hydrogen-bond acceptors (Lipinski definition) is 7. The van der Waals surface area contributed by atoms with Gasteiger partial charge in [-0.05, 0) is 36.5 Å². The third-order valence-electron chi connectivity index (χ3n) is 4.81. The molecule has 0 N–H and O–H groups in total. The smallest absolute Gasteiger partial charge is 0.229 e. The molecule has 0 atom stereocenters. The van der Waals surface area contributed by atoms with E-state index < -0.39 is 0 Å². The number of aromatic nitrogens is 3. The Labute approximate surface area is 144 Å². The lowest BCUT2D eigenvalue weighted by atomic mass is 10.2. The van der Waals surface area contributed by atoms with Crippen molar-refractivity contribution in [3.05, 3.63) is 36.0 Å². The molecule has 24 heavy (non-hydrogen) atoms. The summed E-state index contributed by atoms with van der Waals surface area (Å²) in [6.45, 7) is 4.75. The summed E-state index contributed by atoms with van der Waals surface area (Å²) in [4.78, 5) is 9.32. The van der Waals surface area contributed by atoms with Gasteiger partial charge in [0.05, 0.1) is 11.2 Å². The average Bonchev–Trinajstić information content (AvgIpc) is 3.22. The highest BCUT2D eigenvalue weighted by molar-refractivity contribution is 7.13. The summed E-state index contributed by atoms with van der Waals surface area (Å²) in [6.07, 6.45) is 2.39. The Morgan fingerprint density at radius 3 is 2.79 bits per heavy atom. The first-order valence-electron chi connectivity index (χ1n) is 8.51. The number of rotatable bonds is 4. The Morgan fingerprint density at radius 1 is 1.12 bits per heavy atom. The lowest BCUT2D eigenvalue weighted by molar-refractivity contribution is 0.239. The molecule has 1 aliphatic carbocycles. The standard InChI is InChI=1S/C17H19N5OS/c1-2-4-14-13(3-1)16(20-24-14)22-9-7-21(8-10-22)11-15-18-17(23-19-15)12-5-6-12/h1-4,12H,5-11H2. The topological polar surface area (TPSA) is 58.3 Å². The Kier molecular flexibility index (Phi) is 3.48. The maximum atomic E-state index is 5.35. The van der Waals surface area contributed by atoms with E-state index in [-0.39, 0.29) is 0 Å². The summed E-state index contributed by atoms with van der Waals surface area (Å²) < 4.78 is 11.3. The van der Waals surface area contributed by atoms with Gasteiger partial charge in [-0.15, -0.1) is 0 Å². The monoisotopic (exact) mass is 341 g/mol. The number of nitrogens with zero attached hydrogens (tertiary/aromatic N) is 5. The van der Waals surface area contributed by atoms with Crippen molar-refractivity contribution < 1.29 is 4.52 Å². The third-order valence-corrected chi connectivity index (χ3v) is 5.62. The molecule has 1 saturated carbocycles. The van der Waals surface area contributed by atoms with Crippen LogP contribution in [-0.4, -0.2) is 45.6 Å². The van der Waals surface area contributed by atoms with E-state index in [0.717, 1.165) is 50.3 Å². The second-order valence-corrected chi connectivity index (χ2v) is 7.39. The first-order chi connectivity index (χ1) is 11.9. The zero-order chi connectivity index (χ0) is 15.9. The van der Waals surface area contributed by atoms with Crippen molar-refractivity contribution in [3.8, 4) is 0 Å². The van der Waals surface area contributed by atoms with E-state index in [9.17, 15) is 0 Å². The van der Waals surface area contributed by atoms with Crippen LogP contribution in [0.1, 0.15) is 30.5 Å². The fourth-order valence-electron chi connectivity index (χ4n) is 3.25. The van der Waals surface area contributed by atoms with E-state index in [4.69, 9.17) is 4.52 Å². The van der Waals surface area contributed by atoms with E-state index >= 15 is 0 Å². The zero-order valence-electron chi connectivity index (χ0n) is 13.4. The fraction of sp³-hybridized carbons (Fsp3) is 0.471. The molecule has 2 fully saturated rings. The van der Waals surface area contributed by atoms with Crippen LogP contribution in [0.5, 0.6) is 0 Å². The number of anilines is 1. The molecule has 7 heteroatoms. The zero-order valence-corrected chi connectivity index (χ0v) is 14.2. The summed E-state index contributed by atoms with van der Waals surface area (Å²) >= 11 is 1.58.